The number of amides is 1. The standard InChI is InChI=1S/C13H12N2O4/c1-8-13(17)15(4-3-14)10-5-9(7-16)6-11(18-2)12(10)19-8/h5-8H,4H2,1-2H3. The molecule has 1 heterocycles. The summed E-state index contributed by atoms with van der Waals surface area (Å²) in [5, 5.41) is 8.82. The Morgan fingerprint density at radius 3 is 2.89 bits per heavy atom. The van der Waals surface area contributed by atoms with Crippen LogP contribution in [-0.2, 0) is 4.79 Å². The molecule has 0 aliphatic carbocycles. The van der Waals surface area contributed by atoms with E-state index in [0.717, 1.165) is 0 Å². The highest BCUT2D eigenvalue weighted by Gasteiger charge is 2.33. The van der Waals surface area contributed by atoms with Crippen LogP contribution in [0.4, 0.5) is 5.69 Å². The molecule has 19 heavy (non-hydrogen) atoms. The van der Waals surface area contributed by atoms with Gasteiger partial charge in [-0.25, -0.2) is 0 Å². The van der Waals surface area contributed by atoms with Gasteiger partial charge in [0, 0.05) is 5.56 Å². The number of hydrogen-bond donors (Lipinski definition) is 0. The number of nitrogens with zero attached hydrogens (tertiary/aromatic N) is 2. The molecule has 0 N–H and O–H groups in total. The third-order valence-electron chi connectivity index (χ3n) is 2.84. The van der Waals surface area contributed by atoms with E-state index in [4.69, 9.17) is 14.7 Å². The smallest absolute Gasteiger partial charge is 0.268 e. The summed E-state index contributed by atoms with van der Waals surface area (Å²) in [6.45, 7) is 1.49. The van der Waals surface area contributed by atoms with Crippen LogP contribution in [0.3, 0.4) is 0 Å². The molecule has 0 radical (unpaired) electrons. The maximum absolute atomic E-state index is 12.0. The Labute approximate surface area is 110 Å². The minimum absolute atomic E-state index is 0.106. The molecule has 0 fully saturated rings. The fourth-order valence-corrected chi connectivity index (χ4v) is 1.95. The Morgan fingerprint density at radius 2 is 2.32 bits per heavy atom. The first-order valence-electron chi connectivity index (χ1n) is 5.64. The van der Waals surface area contributed by atoms with Gasteiger partial charge in [-0.2, -0.15) is 5.26 Å². The van der Waals surface area contributed by atoms with E-state index >= 15 is 0 Å². The van der Waals surface area contributed by atoms with Crippen molar-refractivity contribution < 1.29 is 19.1 Å². The number of anilines is 1. The molecule has 2 rings (SSSR count). The van der Waals surface area contributed by atoms with Crippen LogP contribution in [0.15, 0.2) is 12.1 Å². The Bertz CT molecular complexity index is 577. The lowest BCUT2D eigenvalue weighted by Crippen LogP contribution is -2.44. The third-order valence-corrected chi connectivity index (χ3v) is 2.84. The van der Waals surface area contributed by atoms with Crippen molar-refractivity contribution in [2.45, 2.75) is 13.0 Å². The number of rotatable bonds is 3. The molecule has 0 aromatic heterocycles. The van der Waals surface area contributed by atoms with Crippen LogP contribution < -0.4 is 14.4 Å². The molecule has 0 saturated heterocycles. The van der Waals surface area contributed by atoms with Gasteiger partial charge in [-0.15, -0.1) is 0 Å². The number of fused-ring (bicyclic) bond motifs is 1. The van der Waals surface area contributed by atoms with Crippen LogP contribution in [0.25, 0.3) is 0 Å². The molecule has 1 unspecified atom stereocenters. The molecule has 0 bridgehead atoms. The molecule has 1 atom stereocenters. The lowest BCUT2D eigenvalue weighted by atomic mass is 10.1. The number of nitriles is 1. The van der Waals surface area contributed by atoms with Gasteiger partial charge in [-0.3, -0.25) is 14.5 Å². The van der Waals surface area contributed by atoms with Crippen LogP contribution in [-0.4, -0.2) is 32.0 Å². The second-order valence-corrected chi connectivity index (χ2v) is 4.03. The SMILES string of the molecule is COc1cc(C=O)cc2c1OC(C)C(=O)N2CC#N. The van der Waals surface area contributed by atoms with Crippen LogP contribution in [0, 0.1) is 11.3 Å². The summed E-state index contributed by atoms with van der Waals surface area (Å²) < 4.78 is 10.7. The van der Waals surface area contributed by atoms with Gasteiger partial charge in [0.2, 0.25) is 0 Å². The highest BCUT2D eigenvalue weighted by molar-refractivity contribution is 6.01. The van der Waals surface area contributed by atoms with Crippen molar-refractivity contribution in [3.05, 3.63) is 17.7 Å². The minimum atomic E-state index is -0.697. The Morgan fingerprint density at radius 1 is 1.58 bits per heavy atom. The average Bonchev–Trinajstić information content (AvgIpc) is 2.43. The highest BCUT2D eigenvalue weighted by atomic mass is 16.5. The summed E-state index contributed by atoms with van der Waals surface area (Å²) >= 11 is 0. The minimum Gasteiger partial charge on any atom is -0.493 e. The highest BCUT2D eigenvalue weighted by Crippen LogP contribution is 2.42. The van der Waals surface area contributed by atoms with Crippen molar-refractivity contribution in [1.82, 2.24) is 0 Å². The van der Waals surface area contributed by atoms with E-state index in [1.165, 1.54) is 24.1 Å². The van der Waals surface area contributed by atoms with Gasteiger partial charge < -0.3 is 9.47 Å². The third kappa shape index (κ3) is 2.10. The largest absolute Gasteiger partial charge is 0.493 e. The first kappa shape index (κ1) is 12.9. The van der Waals surface area contributed by atoms with Crippen molar-refractivity contribution in [1.29, 1.82) is 5.26 Å². The Balaban J connectivity index is 2.63. The number of carbonyl (C=O) groups is 2. The average molecular weight is 260 g/mol. The first-order valence-corrected chi connectivity index (χ1v) is 5.64. The summed E-state index contributed by atoms with van der Waals surface area (Å²) in [5.74, 6) is 0.413. The molecular weight excluding hydrogens is 248 g/mol. The number of aldehydes is 1. The molecule has 1 aliphatic rings. The van der Waals surface area contributed by atoms with Crippen molar-refractivity contribution in [2.24, 2.45) is 0 Å². The lowest BCUT2D eigenvalue weighted by Gasteiger charge is -2.32. The van der Waals surface area contributed by atoms with Gasteiger partial charge in [0.25, 0.3) is 5.91 Å². The summed E-state index contributed by atoms with van der Waals surface area (Å²) in [7, 11) is 1.45. The molecule has 0 spiro atoms. The Kier molecular flexibility index (Phi) is 3.38. The lowest BCUT2D eigenvalue weighted by molar-refractivity contribution is -0.125. The molecule has 98 valence electrons. The molecule has 1 amide bonds. The van der Waals surface area contributed by atoms with Crippen molar-refractivity contribution in [3.8, 4) is 17.6 Å². The molecule has 6 heteroatoms. The van der Waals surface area contributed by atoms with Crippen LogP contribution >= 0.6 is 0 Å². The number of methoxy groups -OCH3 is 1. The summed E-state index contributed by atoms with van der Waals surface area (Å²) in [4.78, 5) is 24.2. The molecule has 0 saturated carbocycles. The molecular formula is C13H12N2O4. The second kappa shape index (κ2) is 4.98. The summed E-state index contributed by atoms with van der Waals surface area (Å²) in [6, 6.07) is 4.96. The van der Waals surface area contributed by atoms with Crippen molar-refractivity contribution in [3.63, 3.8) is 0 Å². The topological polar surface area (TPSA) is 79.6 Å². The van der Waals surface area contributed by atoms with Crippen molar-refractivity contribution in [2.75, 3.05) is 18.6 Å². The number of ether oxygens (including phenoxy) is 2. The fraction of sp³-hybridized carbons (Fsp3) is 0.308. The van der Waals surface area contributed by atoms with Crippen LogP contribution in [0.2, 0.25) is 0 Å². The number of carbonyl (C=O) groups excluding carboxylic acids is 2. The van der Waals surface area contributed by atoms with Gasteiger partial charge in [0.1, 0.15) is 12.8 Å². The van der Waals surface area contributed by atoms with E-state index in [1.54, 1.807) is 6.92 Å². The van der Waals surface area contributed by atoms with Gasteiger partial charge in [0.05, 0.1) is 18.9 Å². The quantitative estimate of drug-likeness (QED) is 0.601. The van der Waals surface area contributed by atoms with Crippen molar-refractivity contribution >= 4 is 17.9 Å². The second-order valence-electron chi connectivity index (χ2n) is 4.03. The van der Waals surface area contributed by atoms with E-state index in [-0.39, 0.29) is 12.5 Å². The van der Waals surface area contributed by atoms with Crippen LogP contribution in [0.5, 0.6) is 11.5 Å². The van der Waals surface area contributed by atoms with Gasteiger partial charge in [0.15, 0.2) is 17.6 Å². The van der Waals surface area contributed by atoms with E-state index in [1.807, 2.05) is 6.07 Å². The van der Waals surface area contributed by atoms with Gasteiger partial charge in [-0.1, -0.05) is 0 Å². The Hall–Kier alpha value is -2.55. The normalized spacial score (nSPS) is 17.2. The predicted octanol–water partition coefficient (Wildman–Crippen LogP) is 1.15. The zero-order chi connectivity index (χ0) is 14.0. The number of hydrogen-bond acceptors (Lipinski definition) is 5. The molecule has 1 aliphatic heterocycles. The van der Waals surface area contributed by atoms with E-state index in [0.29, 0.717) is 29.0 Å². The molecule has 6 nitrogen and oxygen atoms in total. The summed E-state index contributed by atoms with van der Waals surface area (Å²) in [5.41, 5.74) is 0.732. The number of benzene rings is 1. The zero-order valence-corrected chi connectivity index (χ0v) is 10.5. The van der Waals surface area contributed by atoms with Gasteiger partial charge >= 0.3 is 0 Å². The van der Waals surface area contributed by atoms with E-state index in [9.17, 15) is 9.59 Å². The van der Waals surface area contributed by atoms with Crippen LogP contribution in [0.1, 0.15) is 17.3 Å². The maximum atomic E-state index is 12.0. The van der Waals surface area contributed by atoms with E-state index in [2.05, 4.69) is 0 Å². The summed E-state index contributed by atoms with van der Waals surface area (Å²) in [6.07, 6.45) is -0.0487. The monoisotopic (exact) mass is 260 g/mol. The zero-order valence-electron chi connectivity index (χ0n) is 10.5. The fourth-order valence-electron chi connectivity index (χ4n) is 1.95. The molecule has 1 aromatic rings. The maximum Gasteiger partial charge on any atom is 0.268 e. The van der Waals surface area contributed by atoms with Gasteiger partial charge in [-0.05, 0) is 19.1 Å². The first-order chi connectivity index (χ1) is 9.12. The van der Waals surface area contributed by atoms with E-state index < -0.39 is 6.10 Å². The predicted molar refractivity (Wildman–Crippen MR) is 66.4 cm³/mol. The molecule has 1 aromatic carbocycles.